The summed E-state index contributed by atoms with van der Waals surface area (Å²) in [6.45, 7) is 0. The monoisotopic (exact) mass is 399 g/mol. The number of nitrogens with zero attached hydrogens (tertiary/aromatic N) is 1. The van der Waals surface area contributed by atoms with Crippen LogP contribution >= 0.6 is 0 Å². The van der Waals surface area contributed by atoms with E-state index in [2.05, 4.69) is 10.7 Å². The number of nitrogens with one attached hydrogen (secondary N) is 2. The number of carbonyl (C=O) groups excluding carboxylic acids is 4. The molecule has 0 aliphatic carbocycles. The van der Waals surface area contributed by atoms with Crippen LogP contribution in [0.2, 0.25) is 0 Å². The lowest BCUT2D eigenvalue weighted by Crippen LogP contribution is -2.35. The second-order valence-electron chi connectivity index (χ2n) is 6.72. The number of carbonyl (C=O) groups is 4. The van der Waals surface area contributed by atoms with Crippen LogP contribution in [0.15, 0.2) is 70.7 Å². The van der Waals surface area contributed by atoms with E-state index < -0.39 is 23.6 Å². The quantitative estimate of drug-likeness (QED) is 0.399. The summed E-state index contributed by atoms with van der Waals surface area (Å²) >= 11 is 0. The first-order valence-corrected chi connectivity index (χ1v) is 9.03. The SMILES string of the molecule is O=C1NN(c2ccccc2)C(=O)C1=Cc1ccc(-c2ccc3c(c2)C(=O)NC3=O)o1. The van der Waals surface area contributed by atoms with Gasteiger partial charge < -0.3 is 4.42 Å². The molecule has 1 fully saturated rings. The topological polar surface area (TPSA) is 109 Å². The minimum Gasteiger partial charge on any atom is -0.457 e. The lowest BCUT2D eigenvalue weighted by atomic mass is 10.0. The Labute approximate surface area is 169 Å². The molecule has 8 heteroatoms. The van der Waals surface area contributed by atoms with Crippen LogP contribution in [-0.2, 0) is 9.59 Å². The van der Waals surface area contributed by atoms with Crippen LogP contribution in [0.1, 0.15) is 26.5 Å². The fourth-order valence-corrected chi connectivity index (χ4v) is 3.37. The first-order valence-electron chi connectivity index (χ1n) is 9.03. The molecule has 0 atom stereocenters. The number of furan rings is 1. The summed E-state index contributed by atoms with van der Waals surface area (Å²) < 4.78 is 5.75. The van der Waals surface area contributed by atoms with Crippen molar-refractivity contribution in [3.8, 4) is 11.3 Å². The highest BCUT2D eigenvalue weighted by Gasteiger charge is 2.34. The highest BCUT2D eigenvalue weighted by Crippen LogP contribution is 2.28. The minimum absolute atomic E-state index is 0.0568. The molecule has 8 nitrogen and oxygen atoms in total. The molecule has 146 valence electrons. The molecule has 30 heavy (non-hydrogen) atoms. The Bertz CT molecular complexity index is 1270. The van der Waals surface area contributed by atoms with Gasteiger partial charge in [-0.1, -0.05) is 24.3 Å². The van der Waals surface area contributed by atoms with Gasteiger partial charge in [0, 0.05) is 5.56 Å². The first-order chi connectivity index (χ1) is 14.5. The Balaban J connectivity index is 1.44. The molecule has 2 N–H and O–H groups in total. The Morgan fingerprint density at radius 2 is 1.57 bits per heavy atom. The maximum atomic E-state index is 12.6. The molecule has 3 aromatic rings. The predicted molar refractivity (Wildman–Crippen MR) is 106 cm³/mol. The molecule has 4 amide bonds. The number of benzene rings is 2. The highest BCUT2D eigenvalue weighted by atomic mass is 16.3. The van der Waals surface area contributed by atoms with Crippen LogP contribution in [0.25, 0.3) is 17.4 Å². The van der Waals surface area contributed by atoms with Crippen molar-refractivity contribution in [1.82, 2.24) is 10.7 Å². The van der Waals surface area contributed by atoms with E-state index in [1.165, 1.54) is 11.1 Å². The zero-order valence-electron chi connectivity index (χ0n) is 15.3. The molecule has 3 heterocycles. The van der Waals surface area contributed by atoms with Gasteiger partial charge >= 0.3 is 0 Å². The van der Waals surface area contributed by atoms with Crippen molar-refractivity contribution in [2.24, 2.45) is 0 Å². The van der Waals surface area contributed by atoms with E-state index in [-0.39, 0.29) is 11.1 Å². The largest absolute Gasteiger partial charge is 0.457 e. The first kappa shape index (κ1) is 17.6. The molecule has 0 spiro atoms. The number of para-hydroxylation sites is 1. The van der Waals surface area contributed by atoms with Gasteiger partial charge in [0.25, 0.3) is 23.6 Å². The maximum absolute atomic E-state index is 12.6. The lowest BCUT2D eigenvalue weighted by Gasteiger charge is -2.13. The summed E-state index contributed by atoms with van der Waals surface area (Å²) in [5, 5.41) is 3.41. The fraction of sp³-hybridized carbons (Fsp3) is 0. The number of fused-ring (bicyclic) bond motifs is 1. The van der Waals surface area contributed by atoms with E-state index in [1.54, 1.807) is 54.6 Å². The lowest BCUT2D eigenvalue weighted by molar-refractivity contribution is -0.117. The molecule has 2 aliphatic rings. The second kappa shape index (κ2) is 6.56. The van der Waals surface area contributed by atoms with Crippen molar-refractivity contribution in [1.29, 1.82) is 0 Å². The van der Waals surface area contributed by atoms with Gasteiger partial charge in [0.15, 0.2) is 0 Å². The van der Waals surface area contributed by atoms with Gasteiger partial charge in [-0.2, -0.15) is 0 Å². The average molecular weight is 399 g/mol. The van der Waals surface area contributed by atoms with Crippen molar-refractivity contribution in [2.75, 3.05) is 5.01 Å². The number of rotatable bonds is 3. The van der Waals surface area contributed by atoms with Crippen LogP contribution in [0.3, 0.4) is 0 Å². The van der Waals surface area contributed by atoms with E-state index in [9.17, 15) is 19.2 Å². The zero-order chi connectivity index (χ0) is 20.8. The molecule has 1 saturated heterocycles. The van der Waals surface area contributed by atoms with Gasteiger partial charge in [-0.05, 0) is 42.5 Å². The molecule has 5 rings (SSSR count). The van der Waals surface area contributed by atoms with Crippen molar-refractivity contribution in [3.05, 3.63) is 83.1 Å². The minimum atomic E-state index is -0.533. The van der Waals surface area contributed by atoms with Gasteiger partial charge in [0.2, 0.25) is 0 Å². The second-order valence-corrected chi connectivity index (χ2v) is 6.72. The Kier molecular flexibility index (Phi) is 3.85. The predicted octanol–water partition coefficient (Wildman–Crippen LogP) is 2.29. The van der Waals surface area contributed by atoms with Crippen molar-refractivity contribution in [2.45, 2.75) is 0 Å². The van der Waals surface area contributed by atoms with Crippen LogP contribution < -0.4 is 15.8 Å². The average Bonchev–Trinajstić information content (AvgIpc) is 3.42. The molecule has 0 radical (unpaired) electrons. The maximum Gasteiger partial charge on any atom is 0.282 e. The van der Waals surface area contributed by atoms with Crippen LogP contribution in [0, 0.1) is 0 Å². The zero-order valence-corrected chi connectivity index (χ0v) is 15.3. The number of hydrazine groups is 1. The summed E-state index contributed by atoms with van der Waals surface area (Å²) in [4.78, 5) is 48.5. The van der Waals surface area contributed by atoms with E-state index in [1.807, 2.05) is 6.07 Å². The Hall–Kier alpha value is -4.46. The summed E-state index contributed by atoms with van der Waals surface area (Å²) in [6, 6.07) is 16.8. The van der Waals surface area contributed by atoms with Crippen molar-refractivity contribution in [3.63, 3.8) is 0 Å². The smallest absolute Gasteiger partial charge is 0.282 e. The molecular weight excluding hydrogens is 386 g/mol. The van der Waals surface area contributed by atoms with E-state index in [4.69, 9.17) is 4.42 Å². The number of anilines is 1. The van der Waals surface area contributed by atoms with Crippen molar-refractivity contribution < 1.29 is 23.6 Å². The van der Waals surface area contributed by atoms with E-state index in [0.29, 0.717) is 28.3 Å². The highest BCUT2D eigenvalue weighted by molar-refractivity contribution is 6.31. The Morgan fingerprint density at radius 3 is 2.37 bits per heavy atom. The molecule has 2 aromatic carbocycles. The van der Waals surface area contributed by atoms with Gasteiger partial charge in [0.1, 0.15) is 17.1 Å². The third kappa shape index (κ3) is 2.78. The summed E-state index contributed by atoms with van der Waals surface area (Å²) in [7, 11) is 0. The standard InChI is InChI=1S/C22H13N3O5/c26-19-15-8-6-12(10-16(15)20(27)23-19)18-9-7-14(30-18)11-17-21(28)24-25(22(17)29)13-4-2-1-3-5-13/h1-11H,(H,24,28)(H,23,26,27). The number of hydrogen-bond donors (Lipinski definition) is 2. The van der Waals surface area contributed by atoms with E-state index in [0.717, 1.165) is 0 Å². The molecule has 1 aromatic heterocycles. The summed E-state index contributed by atoms with van der Waals surface area (Å²) in [6.07, 6.45) is 1.37. The Morgan fingerprint density at radius 1 is 0.800 bits per heavy atom. The van der Waals surface area contributed by atoms with Crippen LogP contribution in [0.4, 0.5) is 5.69 Å². The van der Waals surface area contributed by atoms with Gasteiger partial charge in [-0.15, -0.1) is 0 Å². The summed E-state index contributed by atoms with van der Waals surface area (Å²) in [5.41, 5.74) is 4.20. The molecule has 0 unspecified atom stereocenters. The number of hydrogen-bond acceptors (Lipinski definition) is 5. The summed E-state index contributed by atoms with van der Waals surface area (Å²) in [5.74, 6) is -1.17. The number of amides is 4. The fourth-order valence-electron chi connectivity index (χ4n) is 3.37. The molecule has 2 aliphatic heterocycles. The van der Waals surface area contributed by atoms with Crippen LogP contribution in [-0.4, -0.2) is 23.6 Å². The van der Waals surface area contributed by atoms with Gasteiger partial charge in [-0.25, -0.2) is 5.01 Å². The van der Waals surface area contributed by atoms with E-state index >= 15 is 0 Å². The van der Waals surface area contributed by atoms with Gasteiger partial charge in [0.05, 0.1) is 16.8 Å². The molecule has 0 bridgehead atoms. The third-order valence-corrected chi connectivity index (χ3v) is 4.84. The molecular formula is C22H13N3O5. The van der Waals surface area contributed by atoms with Crippen LogP contribution in [0.5, 0.6) is 0 Å². The third-order valence-electron chi connectivity index (χ3n) is 4.84. The van der Waals surface area contributed by atoms with Crippen molar-refractivity contribution >= 4 is 35.4 Å². The number of imide groups is 1. The van der Waals surface area contributed by atoms with Gasteiger partial charge in [-0.3, -0.25) is 29.9 Å². The normalized spacial score (nSPS) is 16.8. The molecule has 0 saturated carbocycles.